The van der Waals surface area contributed by atoms with Crippen LogP contribution < -0.4 is 5.32 Å². The molecule has 2 N–H and O–H groups in total. The molecule has 0 fully saturated rings. The summed E-state index contributed by atoms with van der Waals surface area (Å²) >= 11 is 0. The Balaban J connectivity index is 1.92. The van der Waals surface area contributed by atoms with E-state index in [9.17, 15) is 9.90 Å². The van der Waals surface area contributed by atoms with Gasteiger partial charge in [0.1, 0.15) is 11.7 Å². The number of ether oxygens (including phenoxy) is 1. The quantitative estimate of drug-likeness (QED) is 0.327. The van der Waals surface area contributed by atoms with Crippen LogP contribution in [0, 0.1) is 27.7 Å². The summed E-state index contributed by atoms with van der Waals surface area (Å²) in [6.07, 6.45) is 0.683. The van der Waals surface area contributed by atoms with E-state index in [4.69, 9.17) is 4.74 Å². The highest BCUT2D eigenvalue weighted by atomic mass is 16.5. The van der Waals surface area contributed by atoms with Crippen LogP contribution in [-0.4, -0.2) is 22.7 Å². The average molecular weight is 455 g/mol. The maximum atomic E-state index is 12.8. The van der Waals surface area contributed by atoms with E-state index in [1.165, 1.54) is 6.20 Å². The van der Waals surface area contributed by atoms with Crippen molar-refractivity contribution in [2.45, 2.75) is 40.7 Å². The monoisotopic (exact) mass is 454 g/mol. The highest BCUT2D eigenvalue weighted by Gasteiger charge is 2.23. The minimum atomic E-state index is -0.850. The smallest absolute Gasteiger partial charge is 0.341 e. The van der Waals surface area contributed by atoms with Crippen LogP contribution in [0.25, 0.3) is 10.9 Å². The first-order valence-corrected chi connectivity index (χ1v) is 11.5. The number of rotatable bonds is 6. The molecule has 0 spiro atoms. The van der Waals surface area contributed by atoms with Crippen LogP contribution in [-0.2, 0) is 4.74 Å². The molecule has 1 unspecified atom stereocenters. The third-order valence-corrected chi connectivity index (χ3v) is 6.13. The maximum Gasteiger partial charge on any atom is 0.341 e. The molecule has 1 aromatic heterocycles. The van der Waals surface area contributed by atoms with E-state index in [0.29, 0.717) is 22.3 Å². The van der Waals surface area contributed by atoms with Crippen molar-refractivity contribution in [1.29, 1.82) is 0 Å². The lowest BCUT2D eigenvalue weighted by Gasteiger charge is -2.21. The van der Waals surface area contributed by atoms with Crippen molar-refractivity contribution >= 4 is 28.2 Å². The van der Waals surface area contributed by atoms with Gasteiger partial charge in [0.05, 0.1) is 17.8 Å². The second kappa shape index (κ2) is 9.65. The number of aryl methyl sites for hydroxylation is 4. The number of pyridine rings is 1. The van der Waals surface area contributed by atoms with Gasteiger partial charge in [-0.05, 0) is 62.9 Å². The molecule has 0 saturated heterocycles. The van der Waals surface area contributed by atoms with Crippen molar-refractivity contribution < 1.29 is 14.6 Å². The Morgan fingerprint density at radius 1 is 1.00 bits per heavy atom. The van der Waals surface area contributed by atoms with Gasteiger partial charge in [0.15, 0.2) is 0 Å². The van der Waals surface area contributed by atoms with Gasteiger partial charge in [-0.3, -0.25) is 4.98 Å². The van der Waals surface area contributed by atoms with Gasteiger partial charge in [-0.1, -0.05) is 54.1 Å². The van der Waals surface area contributed by atoms with Gasteiger partial charge >= 0.3 is 5.97 Å². The van der Waals surface area contributed by atoms with Crippen LogP contribution in [0.2, 0.25) is 0 Å². The first-order chi connectivity index (χ1) is 16.3. The molecule has 3 aromatic carbocycles. The van der Waals surface area contributed by atoms with Crippen molar-refractivity contribution in [3.8, 4) is 0 Å². The van der Waals surface area contributed by atoms with Crippen LogP contribution in [0.1, 0.15) is 56.8 Å². The lowest BCUT2D eigenvalue weighted by Crippen LogP contribution is -2.11. The number of hydrogen-bond donors (Lipinski definition) is 2. The zero-order chi connectivity index (χ0) is 24.4. The molecule has 5 nitrogen and oxygen atoms in total. The van der Waals surface area contributed by atoms with E-state index in [-0.39, 0.29) is 6.61 Å². The van der Waals surface area contributed by atoms with Gasteiger partial charge in [-0.25, -0.2) is 4.79 Å². The molecule has 0 radical (unpaired) electrons. The fourth-order valence-corrected chi connectivity index (χ4v) is 4.59. The number of aromatic nitrogens is 1. The first kappa shape index (κ1) is 23.5. The number of hydrogen-bond acceptors (Lipinski definition) is 5. The maximum absolute atomic E-state index is 12.8. The number of carbonyl (C=O) groups is 1. The summed E-state index contributed by atoms with van der Waals surface area (Å²) in [4.78, 5) is 17.4. The Morgan fingerprint density at radius 3 is 2.38 bits per heavy atom. The highest BCUT2D eigenvalue weighted by molar-refractivity contribution is 6.06. The number of aliphatic hydroxyl groups excluding tert-OH is 1. The number of nitrogens with one attached hydrogen (secondary N) is 1. The van der Waals surface area contributed by atoms with E-state index >= 15 is 0 Å². The second-order valence-corrected chi connectivity index (χ2v) is 8.67. The fraction of sp³-hybridized carbons (Fsp3) is 0.241. The van der Waals surface area contributed by atoms with Gasteiger partial charge in [0, 0.05) is 22.8 Å². The summed E-state index contributed by atoms with van der Waals surface area (Å²) < 4.78 is 5.31. The van der Waals surface area contributed by atoms with Gasteiger partial charge in [-0.2, -0.15) is 0 Å². The number of aliphatic hydroxyl groups is 1. The van der Waals surface area contributed by atoms with Crippen LogP contribution >= 0.6 is 0 Å². The van der Waals surface area contributed by atoms with Crippen LogP contribution in [0.15, 0.2) is 60.8 Å². The van der Waals surface area contributed by atoms with E-state index in [2.05, 4.69) is 29.4 Å². The fourth-order valence-electron chi connectivity index (χ4n) is 4.59. The Morgan fingerprint density at radius 2 is 1.71 bits per heavy atom. The largest absolute Gasteiger partial charge is 0.462 e. The molecular formula is C29H30N2O3. The van der Waals surface area contributed by atoms with Gasteiger partial charge in [0.25, 0.3) is 0 Å². The predicted octanol–water partition coefficient (Wildman–Crippen LogP) is 6.47. The van der Waals surface area contributed by atoms with E-state index < -0.39 is 12.1 Å². The lowest BCUT2D eigenvalue weighted by atomic mass is 9.90. The molecule has 1 heterocycles. The van der Waals surface area contributed by atoms with Crippen molar-refractivity contribution in [2.75, 3.05) is 11.9 Å². The third kappa shape index (κ3) is 4.39. The molecule has 0 amide bonds. The Hall–Kier alpha value is -3.70. The van der Waals surface area contributed by atoms with E-state index in [1.807, 2.05) is 63.2 Å². The molecule has 0 aliphatic heterocycles. The van der Waals surface area contributed by atoms with Crippen LogP contribution in [0.4, 0.5) is 11.4 Å². The summed E-state index contributed by atoms with van der Waals surface area (Å²) in [6, 6.07) is 17.7. The normalized spacial score (nSPS) is 11.9. The van der Waals surface area contributed by atoms with Crippen LogP contribution in [0.3, 0.4) is 0 Å². The number of para-hydroxylation sites is 2. The van der Waals surface area contributed by atoms with Gasteiger partial charge in [0.2, 0.25) is 0 Å². The molecular weight excluding hydrogens is 424 g/mol. The van der Waals surface area contributed by atoms with E-state index in [1.54, 1.807) is 6.92 Å². The predicted molar refractivity (Wildman–Crippen MR) is 137 cm³/mol. The number of fused-ring (bicyclic) bond motifs is 1. The molecule has 4 rings (SSSR count). The molecule has 174 valence electrons. The summed E-state index contributed by atoms with van der Waals surface area (Å²) in [5, 5.41) is 15.7. The highest BCUT2D eigenvalue weighted by Crippen LogP contribution is 2.37. The molecule has 1 atom stereocenters. The van der Waals surface area contributed by atoms with E-state index in [0.717, 1.165) is 38.9 Å². The molecule has 4 aromatic rings. The van der Waals surface area contributed by atoms with Crippen molar-refractivity contribution in [3.63, 3.8) is 0 Å². The molecule has 0 aliphatic rings. The number of anilines is 2. The van der Waals surface area contributed by atoms with Crippen molar-refractivity contribution in [3.05, 3.63) is 99.7 Å². The topological polar surface area (TPSA) is 71.5 Å². The van der Waals surface area contributed by atoms with Crippen LogP contribution in [0.5, 0.6) is 0 Å². The molecule has 5 heteroatoms. The number of benzene rings is 3. The summed E-state index contributed by atoms with van der Waals surface area (Å²) in [6.45, 7) is 10.1. The SMILES string of the molecule is CCOC(=O)c1cnc2c(C(O)c3c(C)cc(C)cc3C)cccc2c1Nc1ccccc1C. The minimum absolute atomic E-state index is 0.269. The minimum Gasteiger partial charge on any atom is -0.462 e. The molecule has 0 bridgehead atoms. The number of carbonyl (C=O) groups excluding carboxylic acids is 1. The Kier molecular flexibility index (Phi) is 6.66. The Labute approximate surface area is 200 Å². The first-order valence-electron chi connectivity index (χ1n) is 11.5. The third-order valence-electron chi connectivity index (χ3n) is 6.13. The van der Waals surface area contributed by atoms with Crippen molar-refractivity contribution in [2.24, 2.45) is 0 Å². The lowest BCUT2D eigenvalue weighted by molar-refractivity contribution is 0.0527. The number of nitrogens with zero attached hydrogens (tertiary/aromatic N) is 1. The number of esters is 1. The Bertz CT molecular complexity index is 1350. The summed E-state index contributed by atoms with van der Waals surface area (Å²) in [5.41, 5.74) is 8.33. The average Bonchev–Trinajstić information content (AvgIpc) is 2.79. The molecule has 34 heavy (non-hydrogen) atoms. The zero-order valence-electron chi connectivity index (χ0n) is 20.3. The van der Waals surface area contributed by atoms with Gasteiger partial charge < -0.3 is 15.2 Å². The summed E-state index contributed by atoms with van der Waals surface area (Å²) in [5.74, 6) is -0.441. The van der Waals surface area contributed by atoms with Crippen molar-refractivity contribution in [1.82, 2.24) is 4.98 Å². The summed E-state index contributed by atoms with van der Waals surface area (Å²) in [7, 11) is 0. The zero-order valence-corrected chi connectivity index (χ0v) is 20.3. The standard InChI is InChI=1S/C29H30N2O3/c1-6-34-29(33)23-16-30-26-21(27(23)31-24-13-8-7-10-18(24)3)11-9-12-22(26)28(32)25-19(4)14-17(2)15-20(25)5/h7-16,28,32H,6H2,1-5H3,(H,30,31). The van der Waals surface area contributed by atoms with Gasteiger partial charge in [-0.15, -0.1) is 0 Å². The molecule has 0 aliphatic carbocycles. The molecule has 0 saturated carbocycles. The second-order valence-electron chi connectivity index (χ2n) is 8.67.